The molecule has 4 nitrogen and oxygen atoms in total. The molecule has 2 aliphatic heterocycles. The number of carbonyl (C=O) groups is 1. The molecular weight excluding hydrogens is 307 g/mol. The molecule has 132 valence electrons. The lowest BCUT2D eigenvalue weighted by atomic mass is 9.79. The number of methoxy groups -OCH3 is 1. The van der Waals surface area contributed by atoms with E-state index in [1.807, 2.05) is 11.0 Å². The molecule has 0 radical (unpaired) electrons. The zero-order valence-electron chi connectivity index (χ0n) is 14.7. The second-order valence-corrected chi connectivity index (χ2v) is 7.23. The number of likely N-dealkylation sites (tertiary alicyclic amines) is 2. The molecule has 0 saturated carbocycles. The van der Waals surface area contributed by atoms with Crippen LogP contribution in [0.3, 0.4) is 0 Å². The van der Waals surface area contributed by atoms with Gasteiger partial charge >= 0.3 is 0 Å². The number of nitrogens with zero attached hydrogens (tertiary/aromatic N) is 2. The molecule has 2 atom stereocenters. The summed E-state index contributed by atoms with van der Waals surface area (Å²) < 4.78 is 18.7. The standard InChI is InChI=1S/C19H27FN2O2/c1-13(2)22-17(18(24-3)19(22)23)15-7-9-21(10-8-15)12-14-5-4-6-16(20)11-14/h4-6,11,13,15,17-18H,7-10,12H2,1-3H3/t17-,18+/m0/s1. The first-order chi connectivity index (χ1) is 11.5. The molecule has 2 saturated heterocycles. The van der Waals surface area contributed by atoms with Crippen LogP contribution in [0.25, 0.3) is 0 Å². The van der Waals surface area contributed by atoms with Gasteiger partial charge in [0.05, 0.1) is 6.04 Å². The van der Waals surface area contributed by atoms with Crippen molar-refractivity contribution in [3.63, 3.8) is 0 Å². The number of hydrogen-bond donors (Lipinski definition) is 0. The minimum absolute atomic E-state index is 0.125. The van der Waals surface area contributed by atoms with Crippen LogP contribution in [0.5, 0.6) is 0 Å². The second-order valence-electron chi connectivity index (χ2n) is 7.23. The highest BCUT2D eigenvalue weighted by atomic mass is 19.1. The molecule has 2 fully saturated rings. The fourth-order valence-electron chi connectivity index (χ4n) is 4.16. The molecule has 2 aliphatic rings. The van der Waals surface area contributed by atoms with Crippen molar-refractivity contribution in [3.8, 4) is 0 Å². The Labute approximate surface area is 143 Å². The molecule has 3 rings (SSSR count). The number of rotatable bonds is 5. The Morgan fingerprint density at radius 3 is 2.58 bits per heavy atom. The topological polar surface area (TPSA) is 32.8 Å². The van der Waals surface area contributed by atoms with E-state index >= 15 is 0 Å². The summed E-state index contributed by atoms with van der Waals surface area (Å²) in [6.45, 7) is 6.88. The molecule has 1 amide bonds. The fraction of sp³-hybridized carbons (Fsp3) is 0.632. The van der Waals surface area contributed by atoms with Crippen LogP contribution in [-0.4, -0.2) is 54.1 Å². The Hall–Kier alpha value is -1.46. The number of benzene rings is 1. The molecule has 0 bridgehead atoms. The second kappa shape index (κ2) is 7.19. The van der Waals surface area contributed by atoms with E-state index in [1.165, 1.54) is 6.07 Å². The maximum Gasteiger partial charge on any atom is 0.254 e. The molecule has 0 N–H and O–H groups in total. The predicted molar refractivity (Wildman–Crippen MR) is 91.0 cm³/mol. The Morgan fingerprint density at radius 2 is 2.00 bits per heavy atom. The minimum atomic E-state index is -0.271. The Kier molecular flexibility index (Phi) is 5.21. The minimum Gasteiger partial charge on any atom is -0.369 e. The summed E-state index contributed by atoms with van der Waals surface area (Å²) in [4.78, 5) is 16.5. The maximum atomic E-state index is 13.3. The Balaban J connectivity index is 1.57. The van der Waals surface area contributed by atoms with E-state index in [-0.39, 0.29) is 29.9 Å². The van der Waals surface area contributed by atoms with Crippen molar-refractivity contribution < 1.29 is 13.9 Å². The summed E-state index contributed by atoms with van der Waals surface area (Å²) >= 11 is 0. The zero-order chi connectivity index (χ0) is 17.3. The van der Waals surface area contributed by atoms with E-state index in [1.54, 1.807) is 19.2 Å². The van der Waals surface area contributed by atoms with Crippen molar-refractivity contribution in [1.29, 1.82) is 0 Å². The number of hydrogen-bond acceptors (Lipinski definition) is 3. The molecule has 0 spiro atoms. The van der Waals surface area contributed by atoms with E-state index in [2.05, 4.69) is 18.7 Å². The van der Waals surface area contributed by atoms with Crippen LogP contribution in [-0.2, 0) is 16.1 Å². The smallest absolute Gasteiger partial charge is 0.254 e. The summed E-state index contributed by atoms with van der Waals surface area (Å²) in [5.74, 6) is 0.435. The molecule has 2 heterocycles. The predicted octanol–water partition coefficient (Wildman–Crippen LogP) is 2.67. The Bertz CT molecular complexity index is 584. The van der Waals surface area contributed by atoms with E-state index in [0.29, 0.717) is 5.92 Å². The van der Waals surface area contributed by atoms with Gasteiger partial charge in [-0.1, -0.05) is 12.1 Å². The van der Waals surface area contributed by atoms with Crippen molar-refractivity contribution in [2.45, 2.75) is 51.4 Å². The van der Waals surface area contributed by atoms with Crippen LogP contribution in [0.2, 0.25) is 0 Å². The number of halogens is 1. The van der Waals surface area contributed by atoms with Crippen LogP contribution >= 0.6 is 0 Å². The van der Waals surface area contributed by atoms with Gasteiger partial charge in [0.1, 0.15) is 5.82 Å². The number of amides is 1. The molecule has 0 aliphatic carbocycles. The number of carbonyl (C=O) groups excluding carboxylic acids is 1. The summed E-state index contributed by atoms with van der Waals surface area (Å²) in [7, 11) is 1.63. The van der Waals surface area contributed by atoms with E-state index in [4.69, 9.17) is 4.74 Å². The van der Waals surface area contributed by atoms with Crippen molar-refractivity contribution in [2.75, 3.05) is 20.2 Å². The lowest BCUT2D eigenvalue weighted by Crippen LogP contribution is -2.70. The van der Waals surface area contributed by atoms with Gasteiger partial charge in [-0.2, -0.15) is 0 Å². The molecule has 24 heavy (non-hydrogen) atoms. The van der Waals surface area contributed by atoms with Gasteiger partial charge in [-0.3, -0.25) is 9.69 Å². The molecule has 5 heteroatoms. The lowest BCUT2D eigenvalue weighted by molar-refractivity contribution is -0.181. The summed E-state index contributed by atoms with van der Waals surface area (Å²) in [5.41, 5.74) is 1.02. The highest BCUT2D eigenvalue weighted by Gasteiger charge is 2.52. The first kappa shape index (κ1) is 17.4. The largest absolute Gasteiger partial charge is 0.369 e. The average Bonchev–Trinajstić information content (AvgIpc) is 2.53. The molecule has 1 aromatic rings. The molecule has 0 aromatic heterocycles. The van der Waals surface area contributed by atoms with Crippen LogP contribution in [0.1, 0.15) is 32.3 Å². The first-order valence-electron chi connectivity index (χ1n) is 8.83. The SMILES string of the molecule is CO[C@H]1C(=O)N(C(C)C)[C@H]1C1CCN(Cc2cccc(F)c2)CC1. The van der Waals surface area contributed by atoms with Crippen molar-refractivity contribution in [3.05, 3.63) is 35.6 Å². The fourth-order valence-corrected chi connectivity index (χ4v) is 4.16. The van der Waals surface area contributed by atoms with Gasteiger partial charge in [0.15, 0.2) is 6.10 Å². The van der Waals surface area contributed by atoms with Crippen LogP contribution < -0.4 is 0 Å². The van der Waals surface area contributed by atoms with Crippen LogP contribution in [0.4, 0.5) is 4.39 Å². The molecule has 0 unspecified atom stereocenters. The quantitative estimate of drug-likeness (QED) is 0.776. The molecular formula is C19H27FN2O2. The van der Waals surface area contributed by atoms with Gasteiger partial charge in [0, 0.05) is 19.7 Å². The van der Waals surface area contributed by atoms with Gasteiger partial charge in [-0.25, -0.2) is 4.39 Å². The van der Waals surface area contributed by atoms with Gasteiger partial charge < -0.3 is 9.64 Å². The lowest BCUT2D eigenvalue weighted by Gasteiger charge is -2.53. The monoisotopic (exact) mass is 334 g/mol. The number of piperidine rings is 1. The van der Waals surface area contributed by atoms with Gasteiger partial charge in [0.2, 0.25) is 0 Å². The van der Waals surface area contributed by atoms with E-state index in [0.717, 1.165) is 38.0 Å². The maximum absolute atomic E-state index is 13.3. The van der Waals surface area contributed by atoms with E-state index < -0.39 is 0 Å². The van der Waals surface area contributed by atoms with E-state index in [9.17, 15) is 9.18 Å². The van der Waals surface area contributed by atoms with Crippen molar-refractivity contribution in [1.82, 2.24) is 9.80 Å². The van der Waals surface area contributed by atoms with Gasteiger partial charge in [-0.15, -0.1) is 0 Å². The van der Waals surface area contributed by atoms with Crippen LogP contribution in [0, 0.1) is 11.7 Å². The number of β-lactam (4-membered cyclic amide) rings is 1. The molecule has 1 aromatic carbocycles. The normalized spacial score (nSPS) is 26.0. The third-order valence-electron chi connectivity index (χ3n) is 5.35. The van der Waals surface area contributed by atoms with Gasteiger partial charge in [-0.05, 0) is 63.4 Å². The highest BCUT2D eigenvalue weighted by molar-refractivity contribution is 5.88. The average molecular weight is 334 g/mol. The number of ether oxygens (including phenoxy) is 1. The van der Waals surface area contributed by atoms with Gasteiger partial charge in [0.25, 0.3) is 5.91 Å². The third-order valence-corrected chi connectivity index (χ3v) is 5.35. The summed E-state index contributed by atoms with van der Waals surface area (Å²) in [6.07, 6.45) is 1.83. The van der Waals surface area contributed by atoms with Crippen molar-refractivity contribution >= 4 is 5.91 Å². The zero-order valence-corrected chi connectivity index (χ0v) is 14.7. The summed E-state index contributed by atoms with van der Waals surface area (Å²) in [5, 5.41) is 0. The first-order valence-corrected chi connectivity index (χ1v) is 8.83. The van der Waals surface area contributed by atoms with Crippen molar-refractivity contribution in [2.24, 2.45) is 5.92 Å². The third kappa shape index (κ3) is 3.33. The van der Waals surface area contributed by atoms with Crippen LogP contribution in [0.15, 0.2) is 24.3 Å². The summed E-state index contributed by atoms with van der Waals surface area (Å²) in [6, 6.07) is 7.26. The highest BCUT2D eigenvalue weighted by Crippen LogP contribution is 2.36. The Morgan fingerprint density at radius 1 is 1.29 bits per heavy atom.